The van der Waals surface area contributed by atoms with Crippen LogP contribution in [0.15, 0.2) is 0 Å². The van der Waals surface area contributed by atoms with Gasteiger partial charge < -0.3 is 9.90 Å². The van der Waals surface area contributed by atoms with Crippen molar-refractivity contribution < 1.29 is 39.5 Å². The molecule has 0 amide bonds. The second kappa shape index (κ2) is 25.7. The Morgan fingerprint density at radius 1 is 0.600 bits per heavy atom. The summed E-state index contributed by atoms with van der Waals surface area (Å²) in [6.45, 7) is 8.50. The van der Waals surface area contributed by atoms with Crippen molar-refractivity contribution in [3.8, 4) is 0 Å². The van der Waals surface area contributed by atoms with Crippen molar-refractivity contribution in [3.63, 3.8) is 0 Å². The number of carboxylic acid groups (broad SMARTS) is 1. The Bertz CT molecular complexity index is 332. The van der Waals surface area contributed by atoms with Crippen molar-refractivity contribution in [1.29, 1.82) is 0 Å². The van der Waals surface area contributed by atoms with Crippen LogP contribution in [0.4, 0.5) is 0 Å². The van der Waals surface area contributed by atoms with Crippen molar-refractivity contribution in [3.05, 3.63) is 0 Å². The Balaban J connectivity index is 0. The van der Waals surface area contributed by atoms with Crippen LogP contribution in [0.2, 0.25) is 0 Å². The van der Waals surface area contributed by atoms with Crippen molar-refractivity contribution in [2.75, 3.05) is 13.1 Å². The Labute approximate surface area is 211 Å². The van der Waals surface area contributed by atoms with E-state index in [1.165, 1.54) is 89.9 Å². The fourth-order valence-corrected chi connectivity index (χ4v) is 4.17. The normalized spacial score (nSPS) is 12.1. The standard InChI is InChI=1S/C26H53NO2.Na/c1-4-7-10-12-14-16-18-20-23-27(25(26(28)29)22-9-6-3)24-21-19-17-15-13-11-8-5-2;/h25H,4-24H2,1-3H3,(H,28,29);/q;+1/p-1. The number of nitrogens with zero attached hydrogens (tertiary/aromatic N) is 1. The van der Waals surface area contributed by atoms with E-state index in [1.54, 1.807) is 0 Å². The number of carbonyl (C=O) groups excluding carboxylic acids is 1. The van der Waals surface area contributed by atoms with E-state index in [4.69, 9.17) is 0 Å². The molecule has 0 rings (SSSR count). The summed E-state index contributed by atoms with van der Waals surface area (Å²) >= 11 is 0. The summed E-state index contributed by atoms with van der Waals surface area (Å²) in [5.74, 6) is -0.863. The number of aliphatic carboxylic acids is 1. The Morgan fingerprint density at radius 2 is 0.933 bits per heavy atom. The molecule has 0 spiro atoms. The van der Waals surface area contributed by atoms with Crippen molar-refractivity contribution >= 4 is 5.97 Å². The molecule has 0 aromatic rings. The van der Waals surface area contributed by atoms with E-state index in [0.717, 1.165) is 45.2 Å². The summed E-state index contributed by atoms with van der Waals surface area (Å²) in [6, 6.07) is -0.385. The van der Waals surface area contributed by atoms with E-state index >= 15 is 0 Å². The number of hydrogen-bond acceptors (Lipinski definition) is 3. The first kappa shape index (κ1) is 32.6. The van der Waals surface area contributed by atoms with Gasteiger partial charge in [0.1, 0.15) is 0 Å². The third kappa shape index (κ3) is 20.3. The van der Waals surface area contributed by atoms with E-state index < -0.39 is 5.97 Å². The molecule has 0 radical (unpaired) electrons. The summed E-state index contributed by atoms with van der Waals surface area (Å²) in [5, 5.41) is 11.8. The first-order valence-electron chi connectivity index (χ1n) is 13.1. The van der Waals surface area contributed by atoms with Crippen LogP contribution in [0.3, 0.4) is 0 Å². The molecule has 0 bridgehead atoms. The van der Waals surface area contributed by atoms with Gasteiger partial charge >= 0.3 is 29.6 Å². The third-order valence-corrected chi connectivity index (χ3v) is 6.14. The smallest absolute Gasteiger partial charge is 0.548 e. The molecule has 0 heterocycles. The van der Waals surface area contributed by atoms with E-state index in [-0.39, 0.29) is 35.6 Å². The second-order valence-electron chi connectivity index (χ2n) is 8.96. The number of unbranched alkanes of at least 4 members (excludes halogenated alkanes) is 15. The molecule has 1 unspecified atom stereocenters. The van der Waals surface area contributed by atoms with Gasteiger partial charge in [0.2, 0.25) is 0 Å². The largest absolute Gasteiger partial charge is 1.00 e. The Morgan fingerprint density at radius 3 is 1.27 bits per heavy atom. The van der Waals surface area contributed by atoms with Gasteiger partial charge in [-0.3, -0.25) is 4.90 Å². The summed E-state index contributed by atoms with van der Waals surface area (Å²) in [6.07, 6.45) is 23.5. The topological polar surface area (TPSA) is 43.4 Å². The number of hydrogen-bond donors (Lipinski definition) is 0. The minimum absolute atomic E-state index is 0. The summed E-state index contributed by atoms with van der Waals surface area (Å²) in [4.78, 5) is 14.0. The van der Waals surface area contributed by atoms with Crippen LogP contribution < -0.4 is 34.7 Å². The van der Waals surface area contributed by atoms with Crippen LogP contribution in [0.25, 0.3) is 0 Å². The van der Waals surface area contributed by atoms with Gasteiger partial charge in [0.05, 0.1) is 5.97 Å². The molecule has 0 fully saturated rings. The second-order valence-corrected chi connectivity index (χ2v) is 8.96. The van der Waals surface area contributed by atoms with E-state index in [2.05, 4.69) is 25.7 Å². The van der Waals surface area contributed by atoms with Gasteiger partial charge in [-0.25, -0.2) is 0 Å². The fraction of sp³-hybridized carbons (Fsp3) is 0.962. The first-order chi connectivity index (χ1) is 14.2. The molecular formula is C26H52NNaO2. The molecule has 0 N–H and O–H groups in total. The van der Waals surface area contributed by atoms with Crippen LogP contribution in [0, 0.1) is 0 Å². The van der Waals surface area contributed by atoms with Gasteiger partial charge in [0, 0.05) is 6.04 Å². The molecule has 30 heavy (non-hydrogen) atoms. The molecule has 0 aromatic carbocycles. The number of rotatable bonds is 23. The van der Waals surface area contributed by atoms with Crippen LogP contribution in [-0.4, -0.2) is 30.0 Å². The molecular weight excluding hydrogens is 381 g/mol. The van der Waals surface area contributed by atoms with Crippen LogP contribution in [0.1, 0.15) is 143 Å². The molecule has 0 aromatic heterocycles. The monoisotopic (exact) mass is 433 g/mol. The zero-order chi connectivity index (χ0) is 21.6. The molecule has 0 aliphatic rings. The predicted octanol–water partition coefficient (Wildman–Crippen LogP) is 3.88. The average molecular weight is 434 g/mol. The van der Waals surface area contributed by atoms with Crippen LogP contribution >= 0.6 is 0 Å². The van der Waals surface area contributed by atoms with Crippen LogP contribution in [-0.2, 0) is 4.79 Å². The molecule has 0 aliphatic carbocycles. The van der Waals surface area contributed by atoms with Gasteiger partial charge in [-0.15, -0.1) is 0 Å². The summed E-state index contributed by atoms with van der Waals surface area (Å²) < 4.78 is 0. The maximum absolute atomic E-state index is 11.8. The Kier molecular flexibility index (Phi) is 27.9. The van der Waals surface area contributed by atoms with Crippen molar-refractivity contribution in [2.45, 2.75) is 149 Å². The predicted molar refractivity (Wildman–Crippen MR) is 125 cm³/mol. The molecule has 0 saturated carbocycles. The zero-order valence-corrected chi connectivity index (χ0v) is 23.2. The SMILES string of the molecule is CCCCCCCCCCN(CCCCCCCCCC)C(CCCC)C(=O)[O-].[Na+]. The maximum atomic E-state index is 11.8. The van der Waals surface area contributed by atoms with Gasteiger partial charge in [-0.2, -0.15) is 0 Å². The van der Waals surface area contributed by atoms with Gasteiger partial charge in [-0.05, 0) is 32.4 Å². The van der Waals surface area contributed by atoms with E-state index in [1.807, 2.05) is 0 Å². The minimum atomic E-state index is -0.863. The van der Waals surface area contributed by atoms with Crippen LogP contribution in [0.5, 0.6) is 0 Å². The molecule has 1 atom stereocenters. The van der Waals surface area contributed by atoms with E-state index in [9.17, 15) is 9.90 Å². The Hall–Kier alpha value is 0.430. The average Bonchev–Trinajstić information content (AvgIpc) is 2.71. The quantitative estimate of drug-likeness (QED) is 0.181. The third-order valence-electron chi connectivity index (χ3n) is 6.14. The minimum Gasteiger partial charge on any atom is -0.548 e. The summed E-state index contributed by atoms with van der Waals surface area (Å²) in [7, 11) is 0. The molecule has 0 saturated heterocycles. The van der Waals surface area contributed by atoms with Gasteiger partial charge in [0.25, 0.3) is 0 Å². The summed E-state index contributed by atoms with van der Waals surface area (Å²) in [5.41, 5.74) is 0. The van der Waals surface area contributed by atoms with Gasteiger partial charge in [-0.1, -0.05) is 124 Å². The fourth-order valence-electron chi connectivity index (χ4n) is 4.17. The zero-order valence-electron chi connectivity index (χ0n) is 21.2. The first-order valence-corrected chi connectivity index (χ1v) is 13.1. The van der Waals surface area contributed by atoms with Gasteiger partial charge in [0.15, 0.2) is 0 Å². The number of carboxylic acids is 1. The number of carbonyl (C=O) groups is 1. The van der Waals surface area contributed by atoms with Crippen molar-refractivity contribution in [2.24, 2.45) is 0 Å². The molecule has 4 heteroatoms. The molecule has 174 valence electrons. The maximum Gasteiger partial charge on any atom is 1.00 e. The molecule has 0 aliphatic heterocycles. The van der Waals surface area contributed by atoms with Crippen molar-refractivity contribution in [1.82, 2.24) is 4.90 Å². The molecule has 3 nitrogen and oxygen atoms in total. The van der Waals surface area contributed by atoms with E-state index in [0.29, 0.717) is 0 Å².